The SMILES string of the molecule is CCCCC(CC)CC(CC)(CNC(=O)OC(C)(C)C)C(=O)O. The van der Waals surface area contributed by atoms with E-state index in [9.17, 15) is 14.7 Å². The number of nitrogens with one attached hydrogen (secondary N) is 1. The van der Waals surface area contributed by atoms with Crippen LogP contribution in [0, 0.1) is 11.3 Å². The highest BCUT2D eigenvalue weighted by molar-refractivity contribution is 5.76. The highest BCUT2D eigenvalue weighted by Crippen LogP contribution is 2.34. The van der Waals surface area contributed by atoms with Crippen LogP contribution in [0.5, 0.6) is 0 Å². The molecular weight excluding hydrogens is 294 g/mol. The number of hydrogen-bond acceptors (Lipinski definition) is 3. The summed E-state index contributed by atoms with van der Waals surface area (Å²) in [6, 6.07) is 0. The molecule has 0 rings (SSSR count). The van der Waals surface area contributed by atoms with E-state index in [0.717, 1.165) is 25.7 Å². The zero-order valence-corrected chi connectivity index (χ0v) is 15.7. The molecule has 2 N–H and O–H groups in total. The zero-order valence-electron chi connectivity index (χ0n) is 15.7. The summed E-state index contributed by atoms with van der Waals surface area (Å²) in [6.45, 7) is 11.6. The summed E-state index contributed by atoms with van der Waals surface area (Å²) in [7, 11) is 0. The van der Waals surface area contributed by atoms with Crippen molar-refractivity contribution in [2.75, 3.05) is 6.54 Å². The van der Waals surface area contributed by atoms with E-state index >= 15 is 0 Å². The molecule has 2 atom stereocenters. The number of aliphatic carboxylic acids is 1. The standard InChI is InChI=1S/C18H35NO4/c1-7-10-11-14(8-2)12-18(9-3,15(20)21)13-19-16(22)23-17(4,5)6/h14H,7-13H2,1-6H3,(H,19,22)(H,20,21). The number of ether oxygens (including phenoxy) is 1. The maximum atomic E-state index is 11.9. The lowest BCUT2D eigenvalue weighted by molar-refractivity contribution is -0.150. The molecule has 0 aromatic heterocycles. The molecule has 0 saturated carbocycles. The Morgan fingerprint density at radius 1 is 1.17 bits per heavy atom. The maximum absolute atomic E-state index is 11.9. The fraction of sp³-hybridized carbons (Fsp3) is 0.889. The third kappa shape index (κ3) is 8.24. The number of unbranched alkanes of at least 4 members (excludes halogenated alkanes) is 1. The highest BCUT2D eigenvalue weighted by Gasteiger charge is 2.39. The molecule has 0 aromatic carbocycles. The molecule has 0 aromatic rings. The van der Waals surface area contributed by atoms with Crippen LogP contribution in [0.15, 0.2) is 0 Å². The van der Waals surface area contributed by atoms with Gasteiger partial charge in [0.2, 0.25) is 0 Å². The Morgan fingerprint density at radius 3 is 2.17 bits per heavy atom. The van der Waals surface area contributed by atoms with Crippen molar-refractivity contribution in [2.45, 2.75) is 85.7 Å². The van der Waals surface area contributed by atoms with Gasteiger partial charge in [0, 0.05) is 6.54 Å². The van der Waals surface area contributed by atoms with Crippen LogP contribution in [0.25, 0.3) is 0 Å². The summed E-state index contributed by atoms with van der Waals surface area (Å²) in [5.41, 5.74) is -1.51. The largest absolute Gasteiger partial charge is 0.481 e. The van der Waals surface area contributed by atoms with Crippen LogP contribution >= 0.6 is 0 Å². The average molecular weight is 329 g/mol. The van der Waals surface area contributed by atoms with Gasteiger partial charge < -0.3 is 15.2 Å². The van der Waals surface area contributed by atoms with Gasteiger partial charge in [-0.25, -0.2) is 4.79 Å². The molecule has 23 heavy (non-hydrogen) atoms. The Hall–Kier alpha value is -1.26. The molecule has 0 aliphatic carbocycles. The lowest BCUT2D eigenvalue weighted by Crippen LogP contribution is -2.45. The van der Waals surface area contributed by atoms with Gasteiger partial charge >= 0.3 is 12.1 Å². The van der Waals surface area contributed by atoms with Crippen molar-refractivity contribution in [3.63, 3.8) is 0 Å². The molecular formula is C18H35NO4. The Labute approximate surface area is 141 Å². The lowest BCUT2D eigenvalue weighted by atomic mass is 9.75. The van der Waals surface area contributed by atoms with Crippen LogP contribution in [-0.2, 0) is 9.53 Å². The van der Waals surface area contributed by atoms with E-state index in [0.29, 0.717) is 18.8 Å². The van der Waals surface area contributed by atoms with Gasteiger partial charge in [0.05, 0.1) is 5.41 Å². The van der Waals surface area contributed by atoms with Gasteiger partial charge in [-0.1, -0.05) is 46.5 Å². The second-order valence-corrected chi connectivity index (χ2v) is 7.42. The fourth-order valence-corrected chi connectivity index (χ4v) is 2.71. The molecule has 0 aliphatic rings. The predicted octanol–water partition coefficient (Wildman–Crippen LogP) is 4.60. The number of carbonyl (C=O) groups excluding carboxylic acids is 1. The van der Waals surface area contributed by atoms with E-state index in [2.05, 4.69) is 19.2 Å². The van der Waals surface area contributed by atoms with Crippen molar-refractivity contribution < 1.29 is 19.4 Å². The number of rotatable bonds is 10. The lowest BCUT2D eigenvalue weighted by Gasteiger charge is -2.32. The van der Waals surface area contributed by atoms with Crippen molar-refractivity contribution in [3.8, 4) is 0 Å². The van der Waals surface area contributed by atoms with E-state index in [1.54, 1.807) is 20.8 Å². The first-order chi connectivity index (χ1) is 10.6. The van der Waals surface area contributed by atoms with Gasteiger partial charge in [0.25, 0.3) is 0 Å². The van der Waals surface area contributed by atoms with E-state index < -0.39 is 23.1 Å². The monoisotopic (exact) mass is 329 g/mol. The van der Waals surface area contributed by atoms with Crippen molar-refractivity contribution in [2.24, 2.45) is 11.3 Å². The first kappa shape index (κ1) is 21.7. The molecule has 0 heterocycles. The maximum Gasteiger partial charge on any atom is 0.407 e. The first-order valence-corrected chi connectivity index (χ1v) is 8.80. The van der Waals surface area contributed by atoms with Crippen LogP contribution < -0.4 is 5.32 Å². The van der Waals surface area contributed by atoms with Gasteiger partial charge in [-0.2, -0.15) is 0 Å². The van der Waals surface area contributed by atoms with Gasteiger partial charge in [0.1, 0.15) is 5.60 Å². The van der Waals surface area contributed by atoms with Crippen molar-refractivity contribution in [3.05, 3.63) is 0 Å². The molecule has 0 spiro atoms. The predicted molar refractivity (Wildman–Crippen MR) is 92.5 cm³/mol. The fourth-order valence-electron chi connectivity index (χ4n) is 2.71. The Bertz CT molecular complexity index is 376. The van der Waals surface area contributed by atoms with Crippen LogP contribution in [0.4, 0.5) is 4.79 Å². The Balaban J connectivity index is 4.90. The number of carboxylic acids is 1. The minimum absolute atomic E-state index is 0.108. The second kappa shape index (κ2) is 9.78. The number of hydrogen-bond donors (Lipinski definition) is 2. The van der Waals surface area contributed by atoms with E-state index in [4.69, 9.17) is 4.74 Å². The summed E-state index contributed by atoms with van der Waals surface area (Å²) < 4.78 is 5.21. The minimum Gasteiger partial charge on any atom is -0.481 e. The zero-order chi connectivity index (χ0) is 18.1. The van der Waals surface area contributed by atoms with Crippen molar-refractivity contribution in [1.29, 1.82) is 0 Å². The molecule has 1 amide bonds. The number of carboxylic acid groups (broad SMARTS) is 1. The van der Waals surface area contributed by atoms with Crippen LogP contribution in [-0.4, -0.2) is 29.3 Å². The average Bonchev–Trinajstić information content (AvgIpc) is 2.45. The van der Waals surface area contributed by atoms with E-state index in [1.165, 1.54) is 0 Å². The topological polar surface area (TPSA) is 75.6 Å². The molecule has 0 aliphatic heterocycles. The molecule has 0 saturated heterocycles. The van der Waals surface area contributed by atoms with Crippen molar-refractivity contribution in [1.82, 2.24) is 5.32 Å². The van der Waals surface area contributed by atoms with Gasteiger partial charge in [0.15, 0.2) is 0 Å². The highest BCUT2D eigenvalue weighted by atomic mass is 16.6. The number of carbonyl (C=O) groups is 2. The smallest absolute Gasteiger partial charge is 0.407 e. The van der Waals surface area contributed by atoms with E-state index in [1.807, 2.05) is 6.92 Å². The third-order valence-electron chi connectivity index (χ3n) is 4.32. The first-order valence-electron chi connectivity index (χ1n) is 8.80. The minimum atomic E-state index is -0.925. The molecule has 0 bridgehead atoms. The quantitative estimate of drug-likeness (QED) is 0.614. The normalized spacial score (nSPS) is 15.6. The summed E-state index contributed by atoms with van der Waals surface area (Å²) >= 11 is 0. The number of amides is 1. The molecule has 2 unspecified atom stereocenters. The molecule has 136 valence electrons. The molecule has 0 fully saturated rings. The molecule has 5 heteroatoms. The van der Waals surface area contributed by atoms with Gasteiger partial charge in [-0.15, -0.1) is 0 Å². The molecule has 0 radical (unpaired) electrons. The Morgan fingerprint density at radius 2 is 1.78 bits per heavy atom. The summed E-state index contributed by atoms with van der Waals surface area (Å²) in [6.07, 6.45) is 4.73. The summed E-state index contributed by atoms with van der Waals surface area (Å²) in [4.78, 5) is 23.7. The van der Waals surface area contributed by atoms with Crippen molar-refractivity contribution >= 4 is 12.1 Å². The van der Waals surface area contributed by atoms with Gasteiger partial charge in [-0.05, 0) is 39.5 Å². The van der Waals surface area contributed by atoms with Crippen LogP contribution in [0.1, 0.15) is 80.1 Å². The summed E-state index contributed by atoms with van der Waals surface area (Å²) in [5.74, 6) is -0.475. The van der Waals surface area contributed by atoms with Gasteiger partial charge in [-0.3, -0.25) is 4.79 Å². The Kier molecular flexibility index (Phi) is 9.25. The summed E-state index contributed by atoms with van der Waals surface area (Å²) in [5, 5.41) is 12.4. The number of alkyl carbamates (subject to hydrolysis) is 1. The van der Waals surface area contributed by atoms with E-state index in [-0.39, 0.29) is 6.54 Å². The third-order valence-corrected chi connectivity index (χ3v) is 4.32. The second-order valence-electron chi connectivity index (χ2n) is 7.42. The van der Waals surface area contributed by atoms with Crippen LogP contribution in [0.2, 0.25) is 0 Å². The van der Waals surface area contributed by atoms with Crippen LogP contribution in [0.3, 0.4) is 0 Å². The molecule has 5 nitrogen and oxygen atoms in total.